The predicted molar refractivity (Wildman–Crippen MR) is 67.4 cm³/mol. The summed E-state index contributed by atoms with van der Waals surface area (Å²) in [5.41, 5.74) is 0. The second-order valence-electron chi connectivity index (χ2n) is 4.59. The van der Waals surface area contributed by atoms with Crippen molar-refractivity contribution >= 4 is 12.0 Å². The van der Waals surface area contributed by atoms with Crippen LogP contribution < -0.4 is 10.6 Å². The van der Waals surface area contributed by atoms with Gasteiger partial charge in [-0.15, -0.1) is 5.10 Å². The molecule has 8 heteroatoms. The maximum absolute atomic E-state index is 11.5. The maximum Gasteiger partial charge on any atom is 0.326 e. The molecular formula is C11H19N5O3. The number of amides is 2. The molecule has 1 aromatic rings. The van der Waals surface area contributed by atoms with Crippen molar-refractivity contribution in [1.82, 2.24) is 25.6 Å². The van der Waals surface area contributed by atoms with Gasteiger partial charge < -0.3 is 15.7 Å². The van der Waals surface area contributed by atoms with Gasteiger partial charge in [-0.1, -0.05) is 19.1 Å². The van der Waals surface area contributed by atoms with Crippen LogP contribution in [0.3, 0.4) is 0 Å². The van der Waals surface area contributed by atoms with Gasteiger partial charge in [-0.3, -0.25) is 4.68 Å². The molecule has 19 heavy (non-hydrogen) atoms. The summed E-state index contributed by atoms with van der Waals surface area (Å²) in [5.74, 6) is -0.836. The van der Waals surface area contributed by atoms with E-state index >= 15 is 0 Å². The highest BCUT2D eigenvalue weighted by atomic mass is 16.4. The molecule has 1 aromatic heterocycles. The molecule has 0 spiro atoms. The summed E-state index contributed by atoms with van der Waals surface area (Å²) >= 11 is 0. The number of carboxylic acids is 1. The molecular weight excluding hydrogens is 250 g/mol. The Labute approximate surface area is 111 Å². The lowest BCUT2D eigenvalue weighted by Crippen LogP contribution is -2.47. The van der Waals surface area contributed by atoms with E-state index in [-0.39, 0.29) is 5.92 Å². The number of nitrogens with zero attached hydrogens (tertiary/aromatic N) is 3. The monoisotopic (exact) mass is 269 g/mol. The summed E-state index contributed by atoms with van der Waals surface area (Å²) in [6.45, 7) is 4.64. The summed E-state index contributed by atoms with van der Waals surface area (Å²) in [7, 11) is 0. The molecule has 1 atom stereocenters. The van der Waals surface area contributed by atoms with Gasteiger partial charge in [0, 0.05) is 12.7 Å². The molecule has 1 heterocycles. The molecule has 0 unspecified atom stereocenters. The van der Waals surface area contributed by atoms with E-state index in [4.69, 9.17) is 5.11 Å². The zero-order valence-corrected chi connectivity index (χ0v) is 11.0. The minimum atomic E-state index is -1.03. The Morgan fingerprint density at radius 3 is 2.68 bits per heavy atom. The van der Waals surface area contributed by atoms with Crippen LogP contribution in [0.15, 0.2) is 12.4 Å². The second kappa shape index (κ2) is 7.34. The molecule has 2 amide bonds. The lowest BCUT2D eigenvalue weighted by atomic mass is 10.0. The van der Waals surface area contributed by atoms with Gasteiger partial charge in [-0.05, 0) is 12.3 Å². The van der Waals surface area contributed by atoms with E-state index in [0.29, 0.717) is 19.5 Å². The summed E-state index contributed by atoms with van der Waals surface area (Å²) in [4.78, 5) is 22.5. The van der Waals surface area contributed by atoms with Crippen LogP contribution in [0, 0.1) is 5.92 Å². The average molecular weight is 269 g/mol. The van der Waals surface area contributed by atoms with Gasteiger partial charge in [0.25, 0.3) is 0 Å². The van der Waals surface area contributed by atoms with Gasteiger partial charge in [-0.2, -0.15) is 0 Å². The van der Waals surface area contributed by atoms with Crippen LogP contribution in [0.5, 0.6) is 0 Å². The third kappa shape index (κ3) is 5.84. The molecule has 0 fully saturated rings. The van der Waals surface area contributed by atoms with Crippen molar-refractivity contribution in [3.8, 4) is 0 Å². The van der Waals surface area contributed by atoms with Crippen molar-refractivity contribution in [1.29, 1.82) is 0 Å². The molecule has 0 bridgehead atoms. The van der Waals surface area contributed by atoms with E-state index in [1.807, 2.05) is 13.8 Å². The van der Waals surface area contributed by atoms with E-state index in [0.717, 1.165) is 0 Å². The lowest BCUT2D eigenvalue weighted by Gasteiger charge is -2.16. The molecule has 0 radical (unpaired) electrons. The number of aromatic nitrogens is 3. The van der Waals surface area contributed by atoms with E-state index in [2.05, 4.69) is 20.9 Å². The minimum Gasteiger partial charge on any atom is -0.480 e. The van der Waals surface area contributed by atoms with Crippen LogP contribution >= 0.6 is 0 Å². The molecule has 3 N–H and O–H groups in total. The first-order valence-electron chi connectivity index (χ1n) is 6.10. The van der Waals surface area contributed by atoms with Crippen molar-refractivity contribution in [2.24, 2.45) is 5.92 Å². The van der Waals surface area contributed by atoms with Crippen LogP contribution in [-0.2, 0) is 11.3 Å². The Morgan fingerprint density at radius 2 is 2.16 bits per heavy atom. The third-order valence-corrected chi connectivity index (χ3v) is 2.41. The molecule has 0 aliphatic rings. The van der Waals surface area contributed by atoms with Gasteiger partial charge in [0.15, 0.2) is 0 Å². The lowest BCUT2D eigenvalue weighted by molar-refractivity contribution is -0.139. The summed E-state index contributed by atoms with van der Waals surface area (Å²) in [6.07, 6.45) is 3.62. The quantitative estimate of drug-likeness (QED) is 0.649. The van der Waals surface area contributed by atoms with E-state index in [1.54, 1.807) is 17.1 Å². The van der Waals surface area contributed by atoms with E-state index in [9.17, 15) is 9.59 Å². The first kappa shape index (κ1) is 14.9. The molecule has 0 aliphatic carbocycles. The zero-order chi connectivity index (χ0) is 14.3. The number of carbonyl (C=O) groups is 2. The molecule has 1 rings (SSSR count). The first-order chi connectivity index (χ1) is 8.99. The van der Waals surface area contributed by atoms with Crippen LogP contribution in [-0.4, -0.2) is 44.7 Å². The van der Waals surface area contributed by atoms with Gasteiger partial charge >= 0.3 is 12.0 Å². The number of aliphatic carboxylic acids is 1. The highest BCUT2D eigenvalue weighted by molar-refractivity contribution is 5.82. The number of hydrogen-bond donors (Lipinski definition) is 3. The number of rotatable bonds is 7. The SMILES string of the molecule is CC(C)C[C@@H](NC(=O)NCCn1ccnn1)C(=O)O. The summed E-state index contributed by atoms with van der Waals surface area (Å²) in [5, 5.41) is 21.4. The first-order valence-corrected chi connectivity index (χ1v) is 6.10. The summed E-state index contributed by atoms with van der Waals surface area (Å²) < 4.78 is 1.57. The van der Waals surface area contributed by atoms with E-state index in [1.165, 1.54) is 0 Å². The summed E-state index contributed by atoms with van der Waals surface area (Å²) in [6, 6.07) is -1.36. The van der Waals surface area contributed by atoms with Crippen LogP contribution in [0.1, 0.15) is 20.3 Å². The molecule has 0 aliphatic heterocycles. The molecule has 106 valence electrons. The van der Waals surface area contributed by atoms with Crippen molar-refractivity contribution in [2.45, 2.75) is 32.9 Å². The minimum absolute atomic E-state index is 0.191. The smallest absolute Gasteiger partial charge is 0.326 e. The Kier molecular flexibility index (Phi) is 5.77. The molecule has 0 saturated carbocycles. The molecule has 8 nitrogen and oxygen atoms in total. The highest BCUT2D eigenvalue weighted by Gasteiger charge is 2.20. The fourth-order valence-corrected chi connectivity index (χ4v) is 1.54. The van der Waals surface area contributed by atoms with Crippen molar-refractivity contribution in [3.63, 3.8) is 0 Å². The van der Waals surface area contributed by atoms with Crippen molar-refractivity contribution in [2.75, 3.05) is 6.54 Å². The second-order valence-corrected chi connectivity index (χ2v) is 4.59. The maximum atomic E-state index is 11.5. The van der Waals surface area contributed by atoms with Gasteiger partial charge in [0.2, 0.25) is 0 Å². The Balaban J connectivity index is 2.30. The number of urea groups is 1. The number of carbonyl (C=O) groups excluding carboxylic acids is 1. The van der Waals surface area contributed by atoms with Gasteiger partial charge in [0.1, 0.15) is 6.04 Å². The topological polar surface area (TPSA) is 109 Å². The van der Waals surface area contributed by atoms with Crippen molar-refractivity contribution in [3.05, 3.63) is 12.4 Å². The van der Waals surface area contributed by atoms with Gasteiger partial charge in [0.05, 0.1) is 12.7 Å². The number of hydrogen-bond acceptors (Lipinski definition) is 4. The van der Waals surface area contributed by atoms with Gasteiger partial charge in [-0.25, -0.2) is 9.59 Å². The van der Waals surface area contributed by atoms with Crippen LogP contribution in [0.25, 0.3) is 0 Å². The molecule has 0 aromatic carbocycles. The zero-order valence-electron chi connectivity index (χ0n) is 11.0. The fraction of sp³-hybridized carbons (Fsp3) is 0.636. The van der Waals surface area contributed by atoms with Crippen molar-refractivity contribution < 1.29 is 14.7 Å². The average Bonchev–Trinajstić information content (AvgIpc) is 2.80. The molecule has 0 saturated heterocycles. The van der Waals surface area contributed by atoms with E-state index < -0.39 is 18.0 Å². The number of carboxylic acid groups (broad SMARTS) is 1. The predicted octanol–water partition coefficient (Wildman–Crippen LogP) is 0.0766. The van der Waals surface area contributed by atoms with Crippen LogP contribution in [0.4, 0.5) is 4.79 Å². The Bertz CT molecular complexity index is 404. The fourth-order valence-electron chi connectivity index (χ4n) is 1.54. The van der Waals surface area contributed by atoms with Crippen LogP contribution in [0.2, 0.25) is 0 Å². The number of nitrogens with one attached hydrogen (secondary N) is 2. The standard InChI is InChI=1S/C11H19N5O3/c1-8(2)7-9(10(17)18)14-11(19)12-3-5-16-6-4-13-15-16/h4,6,8-9H,3,5,7H2,1-2H3,(H,17,18)(H2,12,14,19)/t9-/m1/s1. The third-order valence-electron chi connectivity index (χ3n) is 2.41. The highest BCUT2D eigenvalue weighted by Crippen LogP contribution is 2.04. The largest absolute Gasteiger partial charge is 0.480 e. The Morgan fingerprint density at radius 1 is 1.42 bits per heavy atom. The normalized spacial score (nSPS) is 12.2. The Hall–Kier alpha value is -2.12.